The van der Waals surface area contributed by atoms with E-state index < -0.39 is 17.8 Å². The quantitative estimate of drug-likeness (QED) is 0.332. The van der Waals surface area contributed by atoms with Crippen LogP contribution in [0.5, 0.6) is 5.75 Å². The maximum atomic E-state index is 13.3. The first-order chi connectivity index (χ1) is 15.9. The van der Waals surface area contributed by atoms with E-state index in [-0.39, 0.29) is 16.2 Å². The number of benzene rings is 2. The minimum absolute atomic E-state index is 0.0275. The van der Waals surface area contributed by atoms with Gasteiger partial charge in [-0.2, -0.15) is 0 Å². The third kappa shape index (κ3) is 4.39. The second-order valence-corrected chi connectivity index (χ2v) is 7.43. The minimum Gasteiger partial charge on any atom is -0.494 e. The van der Waals surface area contributed by atoms with Gasteiger partial charge in [-0.15, -0.1) is 0 Å². The molecule has 33 heavy (non-hydrogen) atoms. The van der Waals surface area contributed by atoms with Crippen LogP contribution in [0.3, 0.4) is 0 Å². The number of carbonyl (C=O) groups excluding carboxylic acids is 2. The van der Waals surface area contributed by atoms with Gasteiger partial charge < -0.3 is 14.4 Å². The molecule has 0 spiro atoms. The molecule has 2 amide bonds. The summed E-state index contributed by atoms with van der Waals surface area (Å²) in [6.07, 6.45) is 3.17. The number of anilines is 1. The number of amides is 2. The molecule has 166 valence electrons. The summed E-state index contributed by atoms with van der Waals surface area (Å²) in [6.45, 7) is 2.31. The molecule has 0 unspecified atom stereocenters. The molecule has 1 aliphatic rings. The van der Waals surface area contributed by atoms with Gasteiger partial charge in [-0.25, -0.2) is 4.79 Å². The zero-order valence-electron chi connectivity index (χ0n) is 17.5. The fourth-order valence-corrected chi connectivity index (χ4v) is 3.74. The van der Waals surface area contributed by atoms with E-state index in [9.17, 15) is 19.5 Å². The van der Waals surface area contributed by atoms with E-state index in [1.165, 1.54) is 23.1 Å². The van der Waals surface area contributed by atoms with E-state index in [4.69, 9.17) is 17.0 Å². The first-order valence-electron chi connectivity index (χ1n) is 10.0. The van der Waals surface area contributed by atoms with Gasteiger partial charge in [-0.1, -0.05) is 12.1 Å². The molecule has 0 radical (unpaired) electrons. The third-order valence-corrected chi connectivity index (χ3v) is 5.22. The summed E-state index contributed by atoms with van der Waals surface area (Å²) in [5.41, 5.74) is 1.57. The van der Waals surface area contributed by atoms with E-state index >= 15 is 0 Å². The van der Waals surface area contributed by atoms with E-state index in [0.717, 1.165) is 0 Å². The van der Waals surface area contributed by atoms with Gasteiger partial charge in [0.1, 0.15) is 11.3 Å². The predicted octanol–water partition coefficient (Wildman–Crippen LogP) is 3.41. The van der Waals surface area contributed by atoms with Gasteiger partial charge in [-0.3, -0.25) is 19.8 Å². The number of aromatic nitrogens is 1. The lowest BCUT2D eigenvalue weighted by Crippen LogP contribution is -2.54. The standard InChI is InChI=1S/C24H19N3O5S/c1-2-32-19-10-4-8-18(13-19)27-22(29)20(21(28)25-24(27)33)14-17-9-5-11-26(17)16-7-3-6-15(12-16)23(30)31/h3-14H,2H2,1H3,(H,30,31)(H,25,28,33)/b20-14-. The summed E-state index contributed by atoms with van der Waals surface area (Å²) in [5.74, 6) is -1.68. The molecule has 9 heteroatoms. The van der Waals surface area contributed by atoms with Gasteiger partial charge in [0.05, 0.1) is 17.9 Å². The number of hydrogen-bond donors (Lipinski definition) is 2. The molecule has 1 aliphatic heterocycles. The van der Waals surface area contributed by atoms with Crippen LogP contribution >= 0.6 is 12.2 Å². The smallest absolute Gasteiger partial charge is 0.335 e. The molecule has 2 aromatic carbocycles. The normalized spacial score (nSPS) is 15.0. The van der Waals surface area contributed by atoms with Crippen molar-refractivity contribution in [3.05, 3.63) is 83.7 Å². The van der Waals surface area contributed by atoms with Crippen molar-refractivity contribution in [2.45, 2.75) is 6.92 Å². The fourth-order valence-electron chi connectivity index (χ4n) is 3.45. The van der Waals surface area contributed by atoms with Crippen molar-refractivity contribution in [2.75, 3.05) is 11.5 Å². The highest BCUT2D eigenvalue weighted by molar-refractivity contribution is 7.80. The van der Waals surface area contributed by atoms with Gasteiger partial charge >= 0.3 is 5.97 Å². The molecule has 0 bridgehead atoms. The number of carboxylic acids is 1. The molecule has 2 heterocycles. The van der Waals surface area contributed by atoms with Crippen LogP contribution in [-0.2, 0) is 9.59 Å². The van der Waals surface area contributed by atoms with Gasteiger partial charge in [0.15, 0.2) is 5.11 Å². The Balaban J connectivity index is 1.73. The van der Waals surface area contributed by atoms with Crippen LogP contribution in [0.1, 0.15) is 23.0 Å². The average Bonchev–Trinajstić information content (AvgIpc) is 3.25. The molecule has 1 aromatic heterocycles. The lowest BCUT2D eigenvalue weighted by Gasteiger charge is -2.29. The number of aromatic carboxylic acids is 1. The number of carbonyl (C=O) groups is 3. The van der Waals surface area contributed by atoms with Crippen molar-refractivity contribution in [3.63, 3.8) is 0 Å². The Kier molecular flexibility index (Phi) is 6.05. The average molecular weight is 461 g/mol. The number of nitrogens with one attached hydrogen (secondary N) is 1. The van der Waals surface area contributed by atoms with Crippen LogP contribution in [0.15, 0.2) is 72.4 Å². The van der Waals surface area contributed by atoms with Crippen molar-refractivity contribution < 1.29 is 24.2 Å². The highest BCUT2D eigenvalue weighted by atomic mass is 32.1. The van der Waals surface area contributed by atoms with E-state index in [1.54, 1.807) is 59.3 Å². The summed E-state index contributed by atoms with van der Waals surface area (Å²) >= 11 is 5.26. The Morgan fingerprint density at radius 1 is 1.09 bits per heavy atom. The van der Waals surface area contributed by atoms with Crippen molar-refractivity contribution in [1.82, 2.24) is 9.88 Å². The Morgan fingerprint density at radius 3 is 2.61 bits per heavy atom. The second kappa shape index (κ2) is 9.09. The molecule has 0 aliphatic carbocycles. The van der Waals surface area contributed by atoms with Crippen LogP contribution in [0, 0.1) is 0 Å². The van der Waals surface area contributed by atoms with Crippen molar-refractivity contribution in [2.24, 2.45) is 0 Å². The highest BCUT2D eigenvalue weighted by Gasteiger charge is 2.34. The molecule has 8 nitrogen and oxygen atoms in total. The zero-order chi connectivity index (χ0) is 23.5. The fraction of sp³-hybridized carbons (Fsp3) is 0.0833. The summed E-state index contributed by atoms with van der Waals surface area (Å²) in [5, 5.41) is 11.8. The summed E-state index contributed by atoms with van der Waals surface area (Å²) in [7, 11) is 0. The van der Waals surface area contributed by atoms with Gasteiger partial charge in [0.2, 0.25) is 0 Å². The molecule has 3 aromatic rings. The van der Waals surface area contributed by atoms with Crippen molar-refractivity contribution >= 4 is 46.9 Å². The Hall–Kier alpha value is -4.24. The number of thiocarbonyl (C=S) groups is 1. The first kappa shape index (κ1) is 22.0. The number of hydrogen-bond acceptors (Lipinski definition) is 5. The molecule has 0 saturated carbocycles. The van der Waals surface area contributed by atoms with E-state index in [2.05, 4.69) is 5.32 Å². The summed E-state index contributed by atoms with van der Waals surface area (Å²) in [6, 6.07) is 16.7. The number of nitrogens with zero attached hydrogens (tertiary/aromatic N) is 2. The molecule has 1 fully saturated rings. The first-order valence-corrected chi connectivity index (χ1v) is 10.4. The van der Waals surface area contributed by atoms with Gasteiger partial charge in [-0.05, 0) is 67.7 Å². The van der Waals surface area contributed by atoms with Crippen LogP contribution in [0.25, 0.3) is 11.8 Å². The molecule has 4 rings (SSSR count). The Labute approximate surface area is 194 Å². The zero-order valence-corrected chi connectivity index (χ0v) is 18.3. The van der Waals surface area contributed by atoms with Crippen molar-refractivity contribution in [3.8, 4) is 11.4 Å². The maximum Gasteiger partial charge on any atom is 0.335 e. The van der Waals surface area contributed by atoms with Gasteiger partial charge in [0.25, 0.3) is 11.8 Å². The van der Waals surface area contributed by atoms with Crippen LogP contribution in [0.2, 0.25) is 0 Å². The molecule has 1 saturated heterocycles. The molecule has 0 atom stereocenters. The molecular formula is C24H19N3O5S. The SMILES string of the molecule is CCOc1cccc(N2C(=O)/C(=C\c3cccn3-c3cccc(C(=O)O)c3)C(=O)NC2=S)c1. The summed E-state index contributed by atoms with van der Waals surface area (Å²) < 4.78 is 7.19. The van der Waals surface area contributed by atoms with Crippen LogP contribution < -0.4 is 15.0 Å². The lowest BCUT2D eigenvalue weighted by atomic mass is 10.1. The Morgan fingerprint density at radius 2 is 1.85 bits per heavy atom. The molecule has 2 N–H and O–H groups in total. The minimum atomic E-state index is -1.05. The van der Waals surface area contributed by atoms with Crippen LogP contribution in [-0.4, -0.2) is 39.2 Å². The van der Waals surface area contributed by atoms with Gasteiger partial charge in [0, 0.05) is 23.6 Å². The number of rotatable bonds is 6. The topological polar surface area (TPSA) is 101 Å². The highest BCUT2D eigenvalue weighted by Crippen LogP contribution is 2.26. The third-order valence-electron chi connectivity index (χ3n) is 4.93. The lowest BCUT2D eigenvalue weighted by molar-refractivity contribution is -0.122. The number of ether oxygens (including phenoxy) is 1. The number of carboxylic acid groups (broad SMARTS) is 1. The summed E-state index contributed by atoms with van der Waals surface area (Å²) in [4.78, 5) is 38.5. The van der Waals surface area contributed by atoms with E-state index in [0.29, 0.717) is 29.4 Å². The maximum absolute atomic E-state index is 13.3. The second-order valence-electron chi connectivity index (χ2n) is 7.05. The van der Waals surface area contributed by atoms with Crippen molar-refractivity contribution in [1.29, 1.82) is 0 Å². The molecular weight excluding hydrogens is 442 g/mol. The van der Waals surface area contributed by atoms with Crippen LogP contribution in [0.4, 0.5) is 5.69 Å². The predicted molar refractivity (Wildman–Crippen MR) is 127 cm³/mol. The monoisotopic (exact) mass is 461 g/mol. The Bertz CT molecular complexity index is 1310. The van der Waals surface area contributed by atoms with E-state index in [1.807, 2.05) is 6.92 Å². The largest absolute Gasteiger partial charge is 0.494 e.